The Morgan fingerprint density at radius 2 is 1.14 bits per heavy atom. The first kappa shape index (κ1) is 57.3. The number of hydrogen-bond donors (Lipinski definition) is 15. The van der Waals surface area contributed by atoms with E-state index in [-0.39, 0.29) is 56.8 Å². The van der Waals surface area contributed by atoms with Gasteiger partial charge in [-0.2, -0.15) is 0 Å². The molecule has 19 N–H and O–H groups in total. The zero-order chi connectivity index (χ0) is 49.7. The maximum Gasteiger partial charge on any atom is 0.327 e. The van der Waals surface area contributed by atoms with Crippen LogP contribution in [0.2, 0.25) is 0 Å². The van der Waals surface area contributed by atoms with E-state index < -0.39 is 139 Å². The Kier molecular flexibility index (Phi) is 25.2. The molecular formula is C38H66N12O14S2. The molecule has 2 heterocycles. The van der Waals surface area contributed by atoms with Gasteiger partial charge in [-0.1, -0.05) is 21.6 Å². The number of aliphatic carboxylic acids is 1. The third kappa shape index (κ3) is 18.4. The Morgan fingerprint density at radius 1 is 0.667 bits per heavy atom. The number of carbonyl (C=O) groups excluding carboxylic acids is 9. The highest BCUT2D eigenvalue weighted by Gasteiger charge is 2.41. The number of aliphatic hydroxyl groups is 3. The van der Waals surface area contributed by atoms with Crippen molar-refractivity contribution >= 4 is 80.7 Å². The van der Waals surface area contributed by atoms with Crippen molar-refractivity contribution in [2.24, 2.45) is 22.9 Å². The maximum atomic E-state index is 13.8. The van der Waals surface area contributed by atoms with Gasteiger partial charge in [-0.15, -0.1) is 0 Å². The molecule has 0 saturated carbocycles. The number of hydrogen-bond acceptors (Lipinski definition) is 18. The van der Waals surface area contributed by atoms with Crippen LogP contribution in [0.4, 0.5) is 0 Å². The molecule has 0 aromatic heterocycles. The number of nitrogens with one attached hydrogen (secondary N) is 7. The van der Waals surface area contributed by atoms with Gasteiger partial charge in [-0.25, -0.2) is 4.79 Å². The van der Waals surface area contributed by atoms with E-state index in [4.69, 9.17) is 22.9 Å². The molecule has 2 saturated heterocycles. The molecule has 11 atom stereocenters. The second-order valence-electron chi connectivity index (χ2n) is 15.9. The van der Waals surface area contributed by atoms with Gasteiger partial charge in [-0.3, -0.25) is 43.2 Å². The SMILES string of the molecule is C[C@@H](O)[C@@H]1NC(=O)[C@H]([C@@H](C)O)NC(=O)[C@@H]2CCCN2C(=O)[C@H](CO)NC(=O)[C@H](CC(N)=O)NC(=O)[C@H](CCCCN)NC(=O)[C@H](CCCCN)NC(=O)[C@@H](N)CSSC[C@@H](C(=O)O)NC1=O. The third-order valence-electron chi connectivity index (χ3n) is 10.5. The fourth-order valence-corrected chi connectivity index (χ4v) is 9.05. The molecule has 0 radical (unpaired) electrons. The van der Waals surface area contributed by atoms with Crippen LogP contribution in [0.15, 0.2) is 0 Å². The molecule has 0 aromatic carbocycles. The molecule has 374 valence electrons. The summed E-state index contributed by atoms with van der Waals surface area (Å²) in [5, 5.41) is 57.7. The number of fused-ring (bicyclic) bond motifs is 1. The Morgan fingerprint density at radius 3 is 1.64 bits per heavy atom. The van der Waals surface area contributed by atoms with Crippen LogP contribution in [0.25, 0.3) is 0 Å². The van der Waals surface area contributed by atoms with Crippen LogP contribution in [-0.2, 0) is 47.9 Å². The maximum absolute atomic E-state index is 13.8. The highest BCUT2D eigenvalue weighted by Crippen LogP contribution is 2.23. The van der Waals surface area contributed by atoms with Crippen LogP contribution < -0.4 is 60.2 Å². The Labute approximate surface area is 389 Å². The zero-order valence-corrected chi connectivity index (χ0v) is 38.5. The predicted molar refractivity (Wildman–Crippen MR) is 239 cm³/mol. The summed E-state index contributed by atoms with van der Waals surface area (Å²) < 4.78 is 0. The van der Waals surface area contributed by atoms with Crippen molar-refractivity contribution in [2.75, 3.05) is 37.7 Å². The first-order chi connectivity index (χ1) is 31.2. The first-order valence-corrected chi connectivity index (χ1v) is 24.0. The van der Waals surface area contributed by atoms with Gasteiger partial charge in [0.25, 0.3) is 0 Å². The first-order valence-electron chi connectivity index (χ1n) is 21.5. The molecule has 0 bridgehead atoms. The summed E-state index contributed by atoms with van der Waals surface area (Å²) in [4.78, 5) is 134. The molecule has 0 unspecified atom stereocenters. The molecule has 2 fully saturated rings. The number of carboxylic acids is 1. The van der Waals surface area contributed by atoms with Crippen molar-refractivity contribution in [1.82, 2.24) is 42.1 Å². The van der Waals surface area contributed by atoms with Crippen LogP contribution in [0, 0.1) is 0 Å². The number of amides is 9. The lowest BCUT2D eigenvalue weighted by molar-refractivity contribution is -0.144. The molecule has 28 heteroatoms. The van der Waals surface area contributed by atoms with E-state index in [1.807, 2.05) is 0 Å². The summed E-state index contributed by atoms with van der Waals surface area (Å²) in [6.07, 6.45) is -2.26. The minimum atomic E-state index is -1.80. The molecule has 66 heavy (non-hydrogen) atoms. The highest BCUT2D eigenvalue weighted by molar-refractivity contribution is 8.76. The van der Waals surface area contributed by atoms with E-state index in [0.717, 1.165) is 40.3 Å². The number of carboxylic acid groups (broad SMARTS) is 1. The quantitative estimate of drug-likeness (QED) is 0.0568. The van der Waals surface area contributed by atoms with Crippen molar-refractivity contribution < 1.29 is 68.4 Å². The Balaban J connectivity index is 2.60. The highest BCUT2D eigenvalue weighted by atomic mass is 33.1. The van der Waals surface area contributed by atoms with Crippen molar-refractivity contribution in [2.45, 2.75) is 138 Å². The van der Waals surface area contributed by atoms with Crippen molar-refractivity contribution in [3.05, 3.63) is 0 Å². The smallest absolute Gasteiger partial charge is 0.327 e. The average molecular weight is 979 g/mol. The van der Waals surface area contributed by atoms with E-state index in [2.05, 4.69) is 37.2 Å². The van der Waals surface area contributed by atoms with E-state index in [1.165, 1.54) is 0 Å². The number of aliphatic hydroxyl groups excluding tert-OH is 3. The second-order valence-corrected chi connectivity index (χ2v) is 18.4. The largest absolute Gasteiger partial charge is 0.480 e. The number of carbonyl (C=O) groups is 10. The standard InChI is InChI=1S/C38H66N12O14S2/c1-18(52)28-35(60)47-25(38(63)64)17-66-65-16-20(41)30(55)43-21(8-3-5-11-39)31(56)44-22(9-4-6-12-40)32(57)45-23(14-27(42)54)33(58)46-24(15-51)37(62)50-13-7-10-26(50)34(59)48-29(19(2)53)36(61)49-28/h18-26,28-29,51-53H,3-17,39-41H2,1-2H3,(H2,42,54)(H,43,55)(H,44,56)(H,45,57)(H,46,58)(H,47,60)(H,48,59)(H,49,61)(H,63,64)/t18-,19-,20+,21+,22+,23+,24+,25+,26+,28+,29+/m1/s1. The normalized spacial score (nSPS) is 28.6. The van der Waals surface area contributed by atoms with Crippen LogP contribution in [0.3, 0.4) is 0 Å². The van der Waals surface area contributed by atoms with Crippen LogP contribution in [-0.4, -0.2) is 189 Å². The fourth-order valence-electron chi connectivity index (χ4n) is 6.77. The Hall–Kier alpha value is -4.84. The number of nitrogens with zero attached hydrogens (tertiary/aromatic N) is 1. The molecule has 0 spiro atoms. The minimum Gasteiger partial charge on any atom is -0.480 e. The van der Waals surface area contributed by atoms with Gasteiger partial charge in [0.1, 0.15) is 48.3 Å². The average Bonchev–Trinajstić information content (AvgIpc) is 3.75. The molecule has 2 rings (SSSR count). The van der Waals surface area contributed by atoms with E-state index in [9.17, 15) is 68.4 Å². The van der Waals surface area contributed by atoms with Crippen LogP contribution in [0.1, 0.15) is 71.6 Å². The van der Waals surface area contributed by atoms with Gasteiger partial charge in [0, 0.05) is 18.1 Å². The van der Waals surface area contributed by atoms with Gasteiger partial charge >= 0.3 is 5.97 Å². The summed E-state index contributed by atoms with van der Waals surface area (Å²) in [6, 6.07) is -13.9. The molecule has 2 aliphatic rings. The number of unbranched alkanes of at least 4 members (excludes halogenated alkanes) is 2. The molecule has 0 aromatic rings. The number of rotatable bonds is 14. The van der Waals surface area contributed by atoms with Gasteiger partial charge in [0.2, 0.25) is 53.2 Å². The van der Waals surface area contributed by atoms with Crippen LogP contribution >= 0.6 is 21.6 Å². The second kappa shape index (κ2) is 29.0. The van der Waals surface area contributed by atoms with Crippen LogP contribution in [0.5, 0.6) is 0 Å². The van der Waals surface area contributed by atoms with E-state index in [1.54, 1.807) is 0 Å². The summed E-state index contributed by atoms with van der Waals surface area (Å²) in [7, 11) is 1.86. The van der Waals surface area contributed by atoms with Gasteiger partial charge in [0.15, 0.2) is 0 Å². The molecule has 0 aliphatic carbocycles. The minimum absolute atomic E-state index is 0.0184. The van der Waals surface area contributed by atoms with Crippen molar-refractivity contribution in [3.63, 3.8) is 0 Å². The number of primary amides is 1. The topological polar surface area (TPSA) is 443 Å². The summed E-state index contributed by atoms with van der Waals surface area (Å²) in [5.74, 6) is -11.0. The number of nitrogens with two attached hydrogens (primary N) is 4. The zero-order valence-electron chi connectivity index (χ0n) is 36.9. The van der Waals surface area contributed by atoms with Crippen molar-refractivity contribution in [1.29, 1.82) is 0 Å². The lowest BCUT2D eigenvalue weighted by atomic mass is 10.0. The molecule has 2 aliphatic heterocycles. The van der Waals surface area contributed by atoms with Gasteiger partial charge < -0.3 is 85.5 Å². The monoisotopic (exact) mass is 978 g/mol. The van der Waals surface area contributed by atoms with Gasteiger partial charge in [-0.05, 0) is 78.3 Å². The summed E-state index contributed by atoms with van der Waals surface area (Å²) in [6.45, 7) is 1.62. The van der Waals surface area contributed by atoms with Gasteiger partial charge in [0.05, 0.1) is 31.3 Å². The molecule has 26 nitrogen and oxygen atoms in total. The third-order valence-corrected chi connectivity index (χ3v) is 12.9. The lowest BCUT2D eigenvalue weighted by Crippen LogP contribution is -2.63. The van der Waals surface area contributed by atoms with Crippen molar-refractivity contribution in [3.8, 4) is 0 Å². The van der Waals surface area contributed by atoms with E-state index >= 15 is 0 Å². The molecular weight excluding hydrogens is 913 g/mol. The predicted octanol–water partition coefficient (Wildman–Crippen LogP) is -6.93. The van der Waals surface area contributed by atoms with E-state index in [0.29, 0.717) is 25.7 Å². The Bertz CT molecular complexity index is 1710. The lowest BCUT2D eigenvalue weighted by Gasteiger charge is -2.31. The summed E-state index contributed by atoms with van der Waals surface area (Å²) in [5.41, 5.74) is 22.9. The molecule has 9 amide bonds. The fraction of sp³-hybridized carbons (Fsp3) is 0.737. The summed E-state index contributed by atoms with van der Waals surface area (Å²) >= 11 is 0.